The maximum Gasteiger partial charge on any atom is 0.407 e. The van der Waals surface area contributed by atoms with E-state index in [2.05, 4.69) is 33.1 Å². The molecule has 1 aliphatic rings. The third-order valence-corrected chi connectivity index (χ3v) is 5.55. The zero-order valence-electron chi connectivity index (χ0n) is 15.5. The fraction of sp³-hybridized carbons (Fsp3) is 0.130. The standard InChI is InChI=1S/C23H19IN2O3/c24-26-22(27)16-7-5-6-15(12-16)13-25-23(28)29-14-21-19-10-3-1-8-17(19)18-9-2-4-11-20(18)21/h1-12,21H,13-14H2,(H,25,28)(H,26,27). The quantitative estimate of drug-likeness (QED) is 0.392. The van der Waals surface area contributed by atoms with Gasteiger partial charge in [0, 0.05) is 18.0 Å². The monoisotopic (exact) mass is 498 g/mol. The largest absolute Gasteiger partial charge is 0.449 e. The molecule has 3 aromatic carbocycles. The minimum atomic E-state index is -0.476. The molecule has 0 atom stereocenters. The molecule has 0 bridgehead atoms. The lowest BCUT2D eigenvalue weighted by Gasteiger charge is -2.14. The number of rotatable bonds is 5. The molecule has 6 heteroatoms. The second kappa shape index (κ2) is 8.65. The van der Waals surface area contributed by atoms with Gasteiger partial charge in [-0.15, -0.1) is 0 Å². The molecule has 0 radical (unpaired) electrons. The van der Waals surface area contributed by atoms with Crippen molar-refractivity contribution in [2.75, 3.05) is 6.61 Å². The van der Waals surface area contributed by atoms with Gasteiger partial charge in [0.15, 0.2) is 0 Å². The Morgan fingerprint density at radius 2 is 1.55 bits per heavy atom. The van der Waals surface area contributed by atoms with Gasteiger partial charge in [0.2, 0.25) is 0 Å². The highest BCUT2D eigenvalue weighted by Crippen LogP contribution is 2.44. The number of hydrogen-bond donors (Lipinski definition) is 2. The minimum absolute atomic E-state index is 0.0313. The summed E-state index contributed by atoms with van der Waals surface area (Å²) in [4.78, 5) is 24.0. The molecule has 146 valence electrons. The van der Waals surface area contributed by atoms with Crippen molar-refractivity contribution in [1.29, 1.82) is 0 Å². The molecule has 5 nitrogen and oxygen atoms in total. The van der Waals surface area contributed by atoms with Crippen molar-refractivity contribution in [3.05, 3.63) is 95.1 Å². The van der Waals surface area contributed by atoms with Crippen molar-refractivity contribution in [1.82, 2.24) is 8.85 Å². The van der Waals surface area contributed by atoms with Crippen molar-refractivity contribution in [3.63, 3.8) is 0 Å². The zero-order valence-corrected chi connectivity index (χ0v) is 17.7. The topological polar surface area (TPSA) is 67.4 Å². The maximum atomic E-state index is 12.3. The van der Waals surface area contributed by atoms with Crippen LogP contribution in [0.4, 0.5) is 4.79 Å². The molecule has 0 aromatic heterocycles. The van der Waals surface area contributed by atoms with E-state index in [0.29, 0.717) is 12.1 Å². The van der Waals surface area contributed by atoms with E-state index in [1.807, 2.05) is 30.3 Å². The Bertz CT molecular complexity index is 1020. The molecule has 0 aliphatic heterocycles. The molecular weight excluding hydrogens is 479 g/mol. The Labute approximate surface area is 183 Å². The summed E-state index contributed by atoms with van der Waals surface area (Å²) in [6.45, 7) is 0.566. The third-order valence-electron chi connectivity index (χ3n) is 5.06. The smallest absolute Gasteiger partial charge is 0.407 e. The summed E-state index contributed by atoms with van der Waals surface area (Å²) < 4.78 is 8.09. The average Bonchev–Trinajstić information content (AvgIpc) is 3.09. The van der Waals surface area contributed by atoms with Crippen molar-refractivity contribution < 1.29 is 14.3 Å². The molecule has 3 aromatic rings. The Morgan fingerprint density at radius 1 is 0.897 bits per heavy atom. The first-order valence-corrected chi connectivity index (χ1v) is 10.3. The summed E-state index contributed by atoms with van der Waals surface area (Å²) >= 11 is 1.80. The summed E-state index contributed by atoms with van der Waals surface area (Å²) in [6, 6.07) is 23.6. The number of alkyl carbamates (subject to hydrolysis) is 1. The molecule has 0 saturated heterocycles. The first kappa shape index (κ1) is 19.4. The van der Waals surface area contributed by atoms with Gasteiger partial charge in [0.25, 0.3) is 5.91 Å². The van der Waals surface area contributed by atoms with Gasteiger partial charge in [0.1, 0.15) is 6.61 Å². The Hall–Kier alpha value is -2.87. The lowest BCUT2D eigenvalue weighted by Crippen LogP contribution is -2.25. The van der Waals surface area contributed by atoms with Crippen LogP contribution in [0.1, 0.15) is 33.0 Å². The SMILES string of the molecule is O=C(NCc1cccc(C(=O)NI)c1)OCC1c2ccccc2-c2ccccc21. The van der Waals surface area contributed by atoms with E-state index in [0.717, 1.165) is 5.56 Å². The van der Waals surface area contributed by atoms with E-state index in [1.165, 1.54) is 22.3 Å². The van der Waals surface area contributed by atoms with Gasteiger partial charge in [-0.05, 0) is 39.9 Å². The first-order valence-electron chi connectivity index (χ1n) is 9.26. The number of carbonyl (C=O) groups excluding carboxylic acids is 2. The number of amides is 2. The molecule has 0 heterocycles. The second-order valence-corrected chi connectivity index (χ2v) is 7.34. The molecule has 0 saturated carbocycles. The second-order valence-electron chi connectivity index (χ2n) is 6.80. The van der Waals surface area contributed by atoms with E-state index in [4.69, 9.17) is 4.74 Å². The normalized spacial score (nSPS) is 12.0. The van der Waals surface area contributed by atoms with Crippen LogP contribution in [0.3, 0.4) is 0 Å². The number of fused-ring (bicyclic) bond motifs is 3. The summed E-state index contributed by atoms with van der Waals surface area (Å²) in [5.41, 5.74) is 6.13. The fourth-order valence-corrected chi connectivity index (χ4v) is 4.01. The highest BCUT2D eigenvalue weighted by atomic mass is 127. The van der Waals surface area contributed by atoms with Crippen LogP contribution in [0.5, 0.6) is 0 Å². The number of halogens is 1. The van der Waals surface area contributed by atoms with E-state index in [9.17, 15) is 9.59 Å². The fourth-order valence-electron chi connectivity index (χ4n) is 3.70. The highest BCUT2D eigenvalue weighted by molar-refractivity contribution is 14.1. The molecule has 2 amide bonds. The molecule has 0 unspecified atom stereocenters. The summed E-state index contributed by atoms with van der Waals surface area (Å²) in [5, 5.41) is 2.76. The summed E-state index contributed by atoms with van der Waals surface area (Å²) in [7, 11) is 0. The van der Waals surface area contributed by atoms with Crippen LogP contribution in [0.15, 0.2) is 72.8 Å². The van der Waals surface area contributed by atoms with Crippen LogP contribution in [-0.2, 0) is 11.3 Å². The first-order chi connectivity index (χ1) is 14.2. The third kappa shape index (κ3) is 4.12. The van der Waals surface area contributed by atoms with E-state index >= 15 is 0 Å². The van der Waals surface area contributed by atoms with Crippen LogP contribution in [0, 0.1) is 0 Å². The number of hydrogen-bond acceptors (Lipinski definition) is 3. The summed E-state index contributed by atoms with van der Waals surface area (Å²) in [6.07, 6.45) is -0.476. The van der Waals surface area contributed by atoms with Gasteiger partial charge in [-0.2, -0.15) is 0 Å². The van der Waals surface area contributed by atoms with Gasteiger partial charge in [0.05, 0.1) is 22.9 Å². The Morgan fingerprint density at radius 3 is 2.21 bits per heavy atom. The van der Waals surface area contributed by atoms with Crippen molar-refractivity contribution in [2.24, 2.45) is 0 Å². The number of ether oxygens (including phenoxy) is 1. The lowest BCUT2D eigenvalue weighted by molar-refractivity contribution is 0.0989. The van der Waals surface area contributed by atoms with Crippen LogP contribution >= 0.6 is 22.9 Å². The Kier molecular flexibility index (Phi) is 5.80. The van der Waals surface area contributed by atoms with Gasteiger partial charge in [-0.3, -0.25) is 8.32 Å². The van der Waals surface area contributed by atoms with Gasteiger partial charge >= 0.3 is 6.09 Å². The summed E-state index contributed by atoms with van der Waals surface area (Å²) in [5.74, 6) is -0.141. The zero-order chi connectivity index (χ0) is 20.2. The van der Waals surface area contributed by atoms with Crippen LogP contribution in [0.2, 0.25) is 0 Å². The molecule has 0 fully saturated rings. The number of benzene rings is 3. The Balaban J connectivity index is 1.39. The molecule has 1 aliphatic carbocycles. The van der Waals surface area contributed by atoms with Crippen molar-refractivity contribution in [3.8, 4) is 11.1 Å². The predicted molar refractivity (Wildman–Crippen MR) is 120 cm³/mol. The number of nitrogens with one attached hydrogen (secondary N) is 2. The molecular formula is C23H19IN2O3. The molecule has 0 spiro atoms. The van der Waals surface area contributed by atoms with Gasteiger partial charge in [-0.25, -0.2) is 4.79 Å². The van der Waals surface area contributed by atoms with Gasteiger partial charge < -0.3 is 10.1 Å². The lowest BCUT2D eigenvalue weighted by atomic mass is 9.98. The van der Waals surface area contributed by atoms with E-state index in [-0.39, 0.29) is 18.4 Å². The van der Waals surface area contributed by atoms with Gasteiger partial charge in [-0.1, -0.05) is 60.7 Å². The van der Waals surface area contributed by atoms with Crippen LogP contribution < -0.4 is 8.85 Å². The number of carbonyl (C=O) groups is 2. The van der Waals surface area contributed by atoms with E-state index in [1.54, 1.807) is 41.1 Å². The molecule has 29 heavy (non-hydrogen) atoms. The molecule has 2 N–H and O–H groups in total. The van der Waals surface area contributed by atoms with Crippen LogP contribution in [0.25, 0.3) is 11.1 Å². The highest BCUT2D eigenvalue weighted by Gasteiger charge is 2.28. The molecule has 4 rings (SSSR count). The predicted octanol–water partition coefficient (Wildman–Crippen LogP) is 4.81. The average molecular weight is 498 g/mol. The van der Waals surface area contributed by atoms with E-state index < -0.39 is 6.09 Å². The van der Waals surface area contributed by atoms with Crippen LogP contribution in [-0.4, -0.2) is 18.6 Å². The minimum Gasteiger partial charge on any atom is -0.449 e. The van der Waals surface area contributed by atoms with Crippen molar-refractivity contribution in [2.45, 2.75) is 12.5 Å². The van der Waals surface area contributed by atoms with Crippen molar-refractivity contribution >= 4 is 34.9 Å². The maximum absolute atomic E-state index is 12.3.